The molecule has 4 aromatic rings. The normalized spacial score (nSPS) is 10.5. The van der Waals surface area contributed by atoms with Crippen LogP contribution in [0.1, 0.15) is 26.4 Å². The second-order valence-electron chi connectivity index (χ2n) is 7.24. The number of para-hydroxylation sites is 2. The molecule has 0 saturated carbocycles. The van der Waals surface area contributed by atoms with Crippen LogP contribution in [0.5, 0.6) is 5.75 Å². The molecule has 0 radical (unpaired) electrons. The number of hydrogen-bond acceptors (Lipinski definition) is 4. The Morgan fingerprint density at radius 2 is 1.67 bits per heavy atom. The molecule has 0 spiro atoms. The molecule has 0 saturated heterocycles. The zero-order valence-corrected chi connectivity index (χ0v) is 18.5. The number of halogens is 1. The van der Waals surface area contributed by atoms with Crippen molar-refractivity contribution in [3.8, 4) is 5.75 Å². The standard InChI is InChI=1S/C25H21ClN4O3/c1-33-23-5-3-2-4-21(23)29-25(32)22-15-30(16-27-22)14-17-6-12-20(13-7-17)28-24(31)18-8-10-19(26)11-9-18/h2-13,15-16H,14H2,1H3,(H,28,31)(H,29,32). The predicted molar refractivity (Wildman–Crippen MR) is 128 cm³/mol. The number of anilines is 2. The van der Waals surface area contributed by atoms with Gasteiger partial charge in [0, 0.05) is 29.0 Å². The lowest BCUT2D eigenvalue weighted by Gasteiger charge is -2.08. The summed E-state index contributed by atoms with van der Waals surface area (Å²) in [5.74, 6) is 0.0479. The van der Waals surface area contributed by atoms with Gasteiger partial charge in [0.25, 0.3) is 11.8 Å². The molecule has 1 heterocycles. The lowest BCUT2D eigenvalue weighted by molar-refractivity contribution is 0.101. The van der Waals surface area contributed by atoms with Gasteiger partial charge in [-0.3, -0.25) is 9.59 Å². The van der Waals surface area contributed by atoms with E-state index in [1.165, 1.54) is 0 Å². The van der Waals surface area contributed by atoms with Crippen molar-refractivity contribution in [2.24, 2.45) is 0 Å². The Morgan fingerprint density at radius 3 is 2.39 bits per heavy atom. The highest BCUT2D eigenvalue weighted by molar-refractivity contribution is 6.30. The molecular formula is C25H21ClN4O3. The fourth-order valence-corrected chi connectivity index (χ4v) is 3.33. The molecule has 166 valence electrons. The van der Waals surface area contributed by atoms with Gasteiger partial charge in [-0.15, -0.1) is 0 Å². The topological polar surface area (TPSA) is 85.2 Å². The maximum Gasteiger partial charge on any atom is 0.275 e. The molecule has 7 nitrogen and oxygen atoms in total. The van der Waals surface area contributed by atoms with Gasteiger partial charge in [0.1, 0.15) is 11.4 Å². The van der Waals surface area contributed by atoms with Crippen LogP contribution in [0.2, 0.25) is 5.02 Å². The van der Waals surface area contributed by atoms with Crippen molar-refractivity contribution in [3.05, 3.63) is 107 Å². The van der Waals surface area contributed by atoms with E-state index in [2.05, 4.69) is 15.6 Å². The minimum atomic E-state index is -0.321. The smallest absolute Gasteiger partial charge is 0.275 e. The number of aromatic nitrogens is 2. The van der Waals surface area contributed by atoms with E-state index in [1.807, 2.05) is 41.0 Å². The zero-order valence-electron chi connectivity index (χ0n) is 17.8. The summed E-state index contributed by atoms with van der Waals surface area (Å²) in [7, 11) is 1.55. The van der Waals surface area contributed by atoms with Crippen LogP contribution in [-0.4, -0.2) is 28.5 Å². The number of benzene rings is 3. The summed E-state index contributed by atoms with van der Waals surface area (Å²) in [5, 5.41) is 6.25. The molecule has 2 N–H and O–H groups in total. The lowest BCUT2D eigenvalue weighted by atomic mass is 10.2. The number of nitrogens with one attached hydrogen (secondary N) is 2. The molecule has 0 aliphatic carbocycles. The van der Waals surface area contributed by atoms with E-state index in [9.17, 15) is 9.59 Å². The predicted octanol–water partition coefficient (Wildman–Crippen LogP) is 5.10. The molecule has 8 heteroatoms. The van der Waals surface area contributed by atoms with Crippen molar-refractivity contribution in [3.63, 3.8) is 0 Å². The van der Waals surface area contributed by atoms with Crippen LogP contribution in [0.4, 0.5) is 11.4 Å². The average Bonchev–Trinajstić information content (AvgIpc) is 3.30. The number of imidazole rings is 1. The molecule has 1 aromatic heterocycles. The van der Waals surface area contributed by atoms with Crippen molar-refractivity contribution in [2.45, 2.75) is 6.54 Å². The highest BCUT2D eigenvalue weighted by Crippen LogP contribution is 2.23. The van der Waals surface area contributed by atoms with Crippen molar-refractivity contribution < 1.29 is 14.3 Å². The SMILES string of the molecule is COc1ccccc1NC(=O)c1cn(Cc2ccc(NC(=O)c3ccc(Cl)cc3)cc2)cn1. The zero-order chi connectivity index (χ0) is 23.2. The van der Waals surface area contributed by atoms with E-state index in [-0.39, 0.29) is 11.8 Å². The number of carbonyl (C=O) groups excluding carboxylic acids is 2. The second kappa shape index (κ2) is 10.0. The van der Waals surface area contributed by atoms with Crippen LogP contribution in [0, 0.1) is 0 Å². The Balaban J connectivity index is 1.36. The third-order valence-electron chi connectivity index (χ3n) is 4.90. The van der Waals surface area contributed by atoms with E-state index >= 15 is 0 Å². The highest BCUT2D eigenvalue weighted by atomic mass is 35.5. The van der Waals surface area contributed by atoms with Crippen LogP contribution >= 0.6 is 11.6 Å². The quantitative estimate of drug-likeness (QED) is 0.402. The molecular weight excluding hydrogens is 440 g/mol. The van der Waals surface area contributed by atoms with Crippen LogP contribution < -0.4 is 15.4 Å². The maximum absolute atomic E-state index is 12.5. The third-order valence-corrected chi connectivity index (χ3v) is 5.16. The fourth-order valence-electron chi connectivity index (χ4n) is 3.21. The van der Waals surface area contributed by atoms with E-state index in [0.717, 1.165) is 5.56 Å². The van der Waals surface area contributed by atoms with Crippen LogP contribution in [0.15, 0.2) is 85.3 Å². The van der Waals surface area contributed by atoms with Gasteiger partial charge in [-0.05, 0) is 54.1 Å². The second-order valence-corrected chi connectivity index (χ2v) is 7.68. The molecule has 0 atom stereocenters. The van der Waals surface area contributed by atoms with Crippen molar-refractivity contribution in [1.29, 1.82) is 0 Å². The van der Waals surface area contributed by atoms with Gasteiger partial charge < -0.3 is 19.9 Å². The van der Waals surface area contributed by atoms with Gasteiger partial charge in [0.05, 0.1) is 19.1 Å². The van der Waals surface area contributed by atoms with E-state index in [1.54, 1.807) is 56.0 Å². The molecule has 3 aromatic carbocycles. The van der Waals surface area contributed by atoms with E-state index in [0.29, 0.717) is 39.9 Å². The van der Waals surface area contributed by atoms with Gasteiger partial charge in [-0.1, -0.05) is 35.9 Å². The minimum Gasteiger partial charge on any atom is -0.495 e. The van der Waals surface area contributed by atoms with Gasteiger partial charge in [0.15, 0.2) is 0 Å². The fraction of sp³-hybridized carbons (Fsp3) is 0.0800. The molecule has 0 fully saturated rings. The summed E-state index contributed by atoms with van der Waals surface area (Å²) >= 11 is 5.86. The number of ether oxygens (including phenoxy) is 1. The average molecular weight is 461 g/mol. The lowest BCUT2D eigenvalue weighted by Crippen LogP contribution is -2.13. The number of rotatable bonds is 7. The molecule has 0 bridgehead atoms. The first kappa shape index (κ1) is 22.1. The number of carbonyl (C=O) groups is 2. The van der Waals surface area contributed by atoms with Crippen molar-refractivity contribution in [1.82, 2.24) is 9.55 Å². The molecule has 4 rings (SSSR count). The summed E-state index contributed by atoms with van der Waals surface area (Å²) in [6.07, 6.45) is 3.29. The Kier molecular flexibility index (Phi) is 6.71. The van der Waals surface area contributed by atoms with E-state index < -0.39 is 0 Å². The largest absolute Gasteiger partial charge is 0.495 e. The van der Waals surface area contributed by atoms with Gasteiger partial charge in [-0.2, -0.15) is 0 Å². The molecule has 2 amide bonds. The van der Waals surface area contributed by atoms with Crippen LogP contribution in [0.25, 0.3) is 0 Å². The van der Waals surface area contributed by atoms with E-state index in [4.69, 9.17) is 16.3 Å². The highest BCUT2D eigenvalue weighted by Gasteiger charge is 2.12. The van der Waals surface area contributed by atoms with Crippen LogP contribution in [0.3, 0.4) is 0 Å². The van der Waals surface area contributed by atoms with Gasteiger partial charge in [-0.25, -0.2) is 4.98 Å². The third kappa shape index (κ3) is 5.58. The first-order chi connectivity index (χ1) is 16.0. The van der Waals surface area contributed by atoms with Crippen molar-refractivity contribution >= 4 is 34.8 Å². The Labute approximate surface area is 196 Å². The molecule has 0 unspecified atom stereocenters. The Bertz CT molecular complexity index is 1270. The first-order valence-corrected chi connectivity index (χ1v) is 10.5. The van der Waals surface area contributed by atoms with Gasteiger partial charge in [0.2, 0.25) is 0 Å². The maximum atomic E-state index is 12.5. The number of hydrogen-bond donors (Lipinski definition) is 2. The summed E-state index contributed by atoms with van der Waals surface area (Å²) in [5.41, 5.74) is 3.08. The Morgan fingerprint density at radius 1 is 0.939 bits per heavy atom. The minimum absolute atomic E-state index is 0.209. The number of nitrogens with zero attached hydrogens (tertiary/aromatic N) is 2. The molecule has 0 aliphatic heterocycles. The van der Waals surface area contributed by atoms with Crippen molar-refractivity contribution in [2.75, 3.05) is 17.7 Å². The first-order valence-electron chi connectivity index (χ1n) is 10.1. The number of amides is 2. The molecule has 0 aliphatic rings. The van der Waals surface area contributed by atoms with Crippen LogP contribution in [-0.2, 0) is 6.54 Å². The summed E-state index contributed by atoms with van der Waals surface area (Å²) in [6.45, 7) is 0.528. The summed E-state index contributed by atoms with van der Waals surface area (Å²) in [4.78, 5) is 29.1. The monoisotopic (exact) mass is 460 g/mol. The van der Waals surface area contributed by atoms with Gasteiger partial charge >= 0.3 is 0 Å². The molecule has 33 heavy (non-hydrogen) atoms. The summed E-state index contributed by atoms with van der Waals surface area (Å²) < 4.78 is 7.08. The summed E-state index contributed by atoms with van der Waals surface area (Å²) in [6, 6.07) is 21.4. The Hall–Kier alpha value is -4.10. The number of methoxy groups -OCH3 is 1.